The van der Waals surface area contributed by atoms with Crippen LogP contribution in [-0.2, 0) is 7.05 Å². The van der Waals surface area contributed by atoms with Crippen molar-refractivity contribution in [1.29, 1.82) is 0 Å². The van der Waals surface area contributed by atoms with E-state index in [0.717, 1.165) is 50.2 Å². The molecule has 1 aliphatic heterocycles. The first kappa shape index (κ1) is 19.3. The molecule has 1 aliphatic rings. The van der Waals surface area contributed by atoms with Gasteiger partial charge < -0.3 is 4.90 Å². The number of benzene rings is 1. The second-order valence-corrected chi connectivity index (χ2v) is 7.89. The zero-order valence-electron chi connectivity index (χ0n) is 16.2. The van der Waals surface area contributed by atoms with Gasteiger partial charge >= 0.3 is 0 Å². The maximum Gasteiger partial charge on any atom is 0.261 e. The molecule has 1 aromatic heterocycles. The van der Waals surface area contributed by atoms with Crippen LogP contribution in [0.3, 0.4) is 0 Å². The predicted molar refractivity (Wildman–Crippen MR) is 108 cm³/mol. The van der Waals surface area contributed by atoms with E-state index in [1.807, 2.05) is 13.1 Å². The molecule has 0 aliphatic carbocycles. The number of hydrogen-bond donors (Lipinski definition) is 0. The Hall–Kier alpha value is -1.43. The van der Waals surface area contributed by atoms with E-state index in [9.17, 15) is 4.79 Å². The molecule has 2 heterocycles. The summed E-state index contributed by atoms with van der Waals surface area (Å²) < 4.78 is 1.72. The molecule has 142 valence electrons. The van der Waals surface area contributed by atoms with Crippen LogP contribution in [0, 0.1) is 0 Å². The third-order valence-corrected chi connectivity index (χ3v) is 5.93. The zero-order chi connectivity index (χ0) is 18.8. The molecule has 3 rings (SSSR count). The monoisotopic (exact) mass is 376 g/mol. The minimum Gasteiger partial charge on any atom is -0.302 e. The van der Waals surface area contributed by atoms with Crippen molar-refractivity contribution in [2.45, 2.75) is 45.2 Å². The van der Waals surface area contributed by atoms with E-state index in [0.29, 0.717) is 16.5 Å². The van der Waals surface area contributed by atoms with Crippen LogP contribution in [0.15, 0.2) is 23.0 Å². The van der Waals surface area contributed by atoms with Crippen molar-refractivity contribution in [1.82, 2.24) is 19.4 Å². The molecule has 5 nitrogen and oxygen atoms in total. The molecule has 0 unspecified atom stereocenters. The van der Waals surface area contributed by atoms with Gasteiger partial charge in [0, 0.05) is 37.7 Å². The summed E-state index contributed by atoms with van der Waals surface area (Å²) >= 11 is 6.07. The topological polar surface area (TPSA) is 41.4 Å². The van der Waals surface area contributed by atoms with Crippen LogP contribution in [0.4, 0.5) is 0 Å². The van der Waals surface area contributed by atoms with Crippen LogP contribution in [0.2, 0.25) is 5.02 Å². The Morgan fingerprint density at radius 3 is 2.77 bits per heavy atom. The second kappa shape index (κ2) is 8.07. The number of fused-ring (bicyclic) bond motifs is 1. The Morgan fingerprint density at radius 2 is 2.04 bits per heavy atom. The smallest absolute Gasteiger partial charge is 0.261 e. The van der Waals surface area contributed by atoms with Gasteiger partial charge in [-0.25, -0.2) is 4.98 Å². The predicted octanol–water partition coefficient (Wildman–Crippen LogP) is 3.45. The van der Waals surface area contributed by atoms with Crippen molar-refractivity contribution < 1.29 is 0 Å². The van der Waals surface area contributed by atoms with Crippen LogP contribution in [0.25, 0.3) is 10.9 Å². The molecule has 0 bridgehead atoms. The highest BCUT2D eigenvalue weighted by atomic mass is 35.5. The summed E-state index contributed by atoms with van der Waals surface area (Å²) in [7, 11) is 4.02. The summed E-state index contributed by atoms with van der Waals surface area (Å²) in [6.45, 7) is 7.55. The van der Waals surface area contributed by atoms with Gasteiger partial charge in [0.05, 0.1) is 16.9 Å². The van der Waals surface area contributed by atoms with Crippen LogP contribution < -0.4 is 5.56 Å². The van der Waals surface area contributed by atoms with Crippen LogP contribution >= 0.6 is 11.6 Å². The molecule has 6 heteroatoms. The first-order valence-corrected chi connectivity index (χ1v) is 9.90. The largest absolute Gasteiger partial charge is 0.302 e. The van der Waals surface area contributed by atoms with E-state index in [1.54, 1.807) is 16.7 Å². The van der Waals surface area contributed by atoms with Crippen molar-refractivity contribution in [2.24, 2.45) is 7.05 Å². The molecule has 0 saturated carbocycles. The lowest BCUT2D eigenvalue weighted by Gasteiger charge is -2.31. The summed E-state index contributed by atoms with van der Waals surface area (Å²) in [5.41, 5.74) is 0.711. The number of likely N-dealkylation sites (N-methyl/N-ethyl adjacent to an activating group) is 1. The van der Waals surface area contributed by atoms with Crippen molar-refractivity contribution in [2.75, 3.05) is 26.7 Å². The number of nitrogens with zero attached hydrogens (tertiary/aromatic N) is 4. The van der Waals surface area contributed by atoms with Gasteiger partial charge in [-0.15, -0.1) is 0 Å². The maximum atomic E-state index is 12.9. The highest BCUT2D eigenvalue weighted by Gasteiger charge is 2.27. The third kappa shape index (κ3) is 3.80. The normalized spacial score (nSPS) is 21.0. The minimum atomic E-state index is -0.0195. The third-order valence-electron chi connectivity index (χ3n) is 5.70. The number of hydrogen-bond acceptors (Lipinski definition) is 4. The van der Waals surface area contributed by atoms with Gasteiger partial charge in [-0.05, 0) is 45.0 Å². The van der Waals surface area contributed by atoms with Crippen LogP contribution in [0.1, 0.15) is 45.0 Å². The van der Waals surface area contributed by atoms with E-state index in [4.69, 9.17) is 16.6 Å². The highest BCUT2D eigenvalue weighted by Crippen LogP contribution is 2.27. The summed E-state index contributed by atoms with van der Waals surface area (Å²) in [5.74, 6) is 0.865. The summed E-state index contributed by atoms with van der Waals surface area (Å²) in [6.07, 6.45) is 3.19. The molecular weight excluding hydrogens is 348 g/mol. The molecule has 0 spiro atoms. The number of halogens is 1. The van der Waals surface area contributed by atoms with Gasteiger partial charge in [0.15, 0.2) is 0 Å². The zero-order valence-corrected chi connectivity index (χ0v) is 17.0. The van der Waals surface area contributed by atoms with E-state index < -0.39 is 0 Å². The number of aromatic nitrogens is 2. The Bertz CT molecular complexity index is 822. The molecule has 26 heavy (non-hydrogen) atoms. The van der Waals surface area contributed by atoms with Crippen LogP contribution in [0.5, 0.6) is 0 Å². The van der Waals surface area contributed by atoms with Crippen molar-refractivity contribution >= 4 is 22.5 Å². The standard InChI is InChI=1S/C20H29ClN4O/c1-5-6-18(25-10-9-14(2)23(3)11-12-25)19-22-17-8-7-15(21)13-16(17)20(26)24(19)4/h7-8,13-14,18H,5-6,9-12H2,1-4H3/t14-,18+/m0/s1. The molecule has 0 radical (unpaired) electrons. The fraction of sp³-hybridized carbons (Fsp3) is 0.600. The van der Waals surface area contributed by atoms with E-state index in [-0.39, 0.29) is 11.6 Å². The van der Waals surface area contributed by atoms with E-state index >= 15 is 0 Å². The molecule has 2 atom stereocenters. The average Bonchev–Trinajstić information content (AvgIpc) is 2.79. The lowest BCUT2D eigenvalue weighted by molar-refractivity contribution is 0.181. The van der Waals surface area contributed by atoms with Crippen molar-refractivity contribution in [3.63, 3.8) is 0 Å². The fourth-order valence-electron chi connectivity index (χ4n) is 3.81. The van der Waals surface area contributed by atoms with Crippen LogP contribution in [-0.4, -0.2) is 52.1 Å². The lowest BCUT2D eigenvalue weighted by atomic mass is 10.1. The van der Waals surface area contributed by atoms with Gasteiger partial charge in [0.25, 0.3) is 5.56 Å². The summed E-state index contributed by atoms with van der Waals surface area (Å²) in [4.78, 5) is 22.7. The SMILES string of the molecule is CCC[C@H](c1nc2ccc(Cl)cc2c(=O)n1C)N1CC[C@H](C)N(C)CC1. The minimum absolute atomic E-state index is 0.0195. The lowest BCUT2D eigenvalue weighted by Crippen LogP contribution is -2.36. The Kier molecular flexibility index (Phi) is 6.00. The van der Waals surface area contributed by atoms with Gasteiger partial charge in [0.1, 0.15) is 5.82 Å². The van der Waals surface area contributed by atoms with Gasteiger partial charge in [0.2, 0.25) is 0 Å². The van der Waals surface area contributed by atoms with E-state index in [1.165, 1.54) is 0 Å². The van der Waals surface area contributed by atoms with Crippen molar-refractivity contribution in [3.05, 3.63) is 39.4 Å². The molecule has 0 N–H and O–H groups in total. The van der Waals surface area contributed by atoms with Gasteiger partial charge in [-0.1, -0.05) is 24.9 Å². The first-order chi connectivity index (χ1) is 12.4. The Labute approximate surface area is 160 Å². The van der Waals surface area contributed by atoms with Gasteiger partial charge in [-0.2, -0.15) is 0 Å². The second-order valence-electron chi connectivity index (χ2n) is 7.45. The highest BCUT2D eigenvalue weighted by molar-refractivity contribution is 6.31. The fourth-order valence-corrected chi connectivity index (χ4v) is 3.98. The van der Waals surface area contributed by atoms with E-state index in [2.05, 4.69) is 30.7 Å². The molecule has 1 saturated heterocycles. The maximum absolute atomic E-state index is 12.9. The number of rotatable bonds is 4. The Morgan fingerprint density at radius 1 is 1.27 bits per heavy atom. The molecule has 2 aromatic rings. The van der Waals surface area contributed by atoms with Gasteiger partial charge in [-0.3, -0.25) is 14.3 Å². The quantitative estimate of drug-likeness (QED) is 0.819. The summed E-state index contributed by atoms with van der Waals surface area (Å²) in [6, 6.07) is 6.11. The summed E-state index contributed by atoms with van der Waals surface area (Å²) in [5, 5.41) is 1.15. The van der Waals surface area contributed by atoms with Crippen molar-refractivity contribution in [3.8, 4) is 0 Å². The average molecular weight is 377 g/mol. The molecule has 1 aromatic carbocycles. The molecule has 1 fully saturated rings. The first-order valence-electron chi connectivity index (χ1n) is 9.52. The molecular formula is C20H29ClN4O. The molecule has 0 amide bonds. The Balaban J connectivity index is 2.04.